The molecule has 1 aliphatic carbocycles. The van der Waals surface area contributed by atoms with Gasteiger partial charge in [0.2, 0.25) is 21.8 Å². The van der Waals surface area contributed by atoms with E-state index in [1.165, 1.54) is 4.90 Å². The Bertz CT molecular complexity index is 1480. The van der Waals surface area contributed by atoms with Crippen LogP contribution >= 0.6 is 11.6 Å². The fraction of sp³-hybridized carbons (Fsp3) is 0.394. The molecule has 3 aromatic rings. The van der Waals surface area contributed by atoms with E-state index in [1.807, 2.05) is 36.4 Å². The van der Waals surface area contributed by atoms with E-state index >= 15 is 0 Å². The second-order valence-electron chi connectivity index (χ2n) is 10.9. The normalized spacial score (nSPS) is 14.5. The number of sulfonamides is 1. The van der Waals surface area contributed by atoms with E-state index < -0.39 is 28.5 Å². The van der Waals surface area contributed by atoms with Crippen LogP contribution in [0.25, 0.3) is 0 Å². The summed E-state index contributed by atoms with van der Waals surface area (Å²) in [6.45, 7) is 1.69. The first-order valence-corrected chi connectivity index (χ1v) is 17.0. The van der Waals surface area contributed by atoms with Crippen molar-refractivity contribution in [2.45, 2.75) is 64.1 Å². The van der Waals surface area contributed by atoms with Crippen LogP contribution in [0, 0.1) is 0 Å². The van der Waals surface area contributed by atoms with Crippen molar-refractivity contribution in [3.63, 3.8) is 0 Å². The highest BCUT2D eigenvalue weighted by molar-refractivity contribution is 7.92. The Morgan fingerprint density at radius 3 is 2.30 bits per heavy atom. The number of nitrogens with zero attached hydrogens (tertiary/aromatic N) is 2. The average Bonchev–Trinajstić information content (AvgIpc) is 2.98. The molecule has 1 N–H and O–H groups in total. The summed E-state index contributed by atoms with van der Waals surface area (Å²) in [5.41, 5.74) is 1.87. The Morgan fingerprint density at radius 1 is 0.953 bits per heavy atom. The van der Waals surface area contributed by atoms with E-state index in [0.29, 0.717) is 17.4 Å². The highest BCUT2D eigenvalue weighted by Gasteiger charge is 2.34. The number of anilines is 1. The van der Waals surface area contributed by atoms with Gasteiger partial charge in [-0.25, -0.2) is 8.42 Å². The third-order valence-corrected chi connectivity index (χ3v) is 8.94. The molecule has 10 heteroatoms. The lowest BCUT2D eigenvalue weighted by molar-refractivity contribution is -0.140. The standard InChI is InChI=1S/C33H40ClN3O5S/c1-3-42-31-20-11-10-19-29(31)37(43(2,40)41)24-32(38)36(23-26-15-12-16-27(34)21-26)30(22-25-13-6-4-7-14-25)33(39)35-28-17-8-5-9-18-28/h4,6-7,10-16,19-21,28,30H,3,5,8-9,17-18,22-24H2,1-2H3,(H,35,39)/t30-/m0/s1. The van der Waals surface area contributed by atoms with Gasteiger partial charge in [-0.2, -0.15) is 0 Å². The first-order valence-electron chi connectivity index (χ1n) is 14.7. The molecule has 0 aromatic heterocycles. The number of hydrogen-bond donors (Lipinski definition) is 1. The molecule has 230 valence electrons. The number of ether oxygens (including phenoxy) is 1. The molecular formula is C33H40ClN3O5S. The van der Waals surface area contributed by atoms with Crippen molar-refractivity contribution in [3.8, 4) is 5.75 Å². The van der Waals surface area contributed by atoms with Crippen LogP contribution in [0.4, 0.5) is 5.69 Å². The minimum Gasteiger partial charge on any atom is -0.492 e. The quantitative estimate of drug-likeness (QED) is 0.267. The topological polar surface area (TPSA) is 96.0 Å². The lowest BCUT2D eigenvalue weighted by Crippen LogP contribution is -2.55. The van der Waals surface area contributed by atoms with Gasteiger partial charge in [-0.05, 0) is 55.2 Å². The highest BCUT2D eigenvalue weighted by Crippen LogP contribution is 2.30. The van der Waals surface area contributed by atoms with Crippen LogP contribution in [0.1, 0.15) is 50.2 Å². The molecule has 3 aromatic carbocycles. The summed E-state index contributed by atoms with van der Waals surface area (Å²) < 4.78 is 33.0. The smallest absolute Gasteiger partial charge is 0.244 e. The SMILES string of the molecule is CCOc1ccccc1N(CC(=O)N(Cc1cccc(Cl)c1)[C@@H](Cc1ccccc1)C(=O)NC1CCCCC1)S(C)(=O)=O. The number of rotatable bonds is 13. The molecule has 0 bridgehead atoms. The maximum absolute atomic E-state index is 14.3. The Labute approximate surface area is 260 Å². The van der Waals surface area contributed by atoms with Gasteiger partial charge in [-0.15, -0.1) is 0 Å². The minimum atomic E-state index is -3.91. The molecule has 0 aliphatic heterocycles. The summed E-state index contributed by atoms with van der Waals surface area (Å²) in [5, 5.41) is 3.70. The fourth-order valence-corrected chi connectivity index (χ4v) is 6.53. The monoisotopic (exact) mass is 625 g/mol. The predicted octanol–water partition coefficient (Wildman–Crippen LogP) is 5.59. The summed E-state index contributed by atoms with van der Waals surface area (Å²) in [6, 6.07) is 22.5. The van der Waals surface area contributed by atoms with Crippen LogP contribution < -0.4 is 14.4 Å². The second-order valence-corrected chi connectivity index (χ2v) is 13.2. The number of halogens is 1. The third kappa shape index (κ3) is 9.21. The molecule has 0 saturated heterocycles. The summed E-state index contributed by atoms with van der Waals surface area (Å²) in [7, 11) is -3.91. The average molecular weight is 626 g/mol. The highest BCUT2D eigenvalue weighted by atomic mass is 35.5. The molecule has 0 radical (unpaired) electrons. The lowest BCUT2D eigenvalue weighted by Gasteiger charge is -2.35. The molecule has 1 atom stereocenters. The van der Waals surface area contributed by atoms with Gasteiger partial charge in [-0.1, -0.05) is 85.5 Å². The lowest BCUT2D eigenvalue weighted by atomic mass is 9.94. The molecule has 0 spiro atoms. The van der Waals surface area contributed by atoms with E-state index in [0.717, 1.165) is 53.8 Å². The number of amides is 2. The van der Waals surface area contributed by atoms with Gasteiger partial charge >= 0.3 is 0 Å². The third-order valence-electron chi connectivity index (χ3n) is 7.58. The van der Waals surface area contributed by atoms with Gasteiger partial charge in [-0.3, -0.25) is 13.9 Å². The van der Waals surface area contributed by atoms with Gasteiger partial charge < -0.3 is 15.0 Å². The maximum atomic E-state index is 14.3. The number of nitrogens with one attached hydrogen (secondary N) is 1. The van der Waals surface area contributed by atoms with Crippen LogP contribution in [-0.2, 0) is 32.6 Å². The summed E-state index contributed by atoms with van der Waals surface area (Å²) >= 11 is 6.30. The zero-order valence-electron chi connectivity index (χ0n) is 24.7. The van der Waals surface area contributed by atoms with Crippen molar-refractivity contribution < 1.29 is 22.7 Å². The molecule has 8 nitrogen and oxygen atoms in total. The van der Waals surface area contributed by atoms with Crippen LogP contribution in [0.5, 0.6) is 5.75 Å². The van der Waals surface area contributed by atoms with Crippen LogP contribution in [0.15, 0.2) is 78.9 Å². The van der Waals surface area contributed by atoms with Crippen molar-refractivity contribution in [2.75, 3.05) is 23.7 Å². The molecule has 2 amide bonds. The number of benzene rings is 3. The Hall–Kier alpha value is -3.56. The molecule has 4 rings (SSSR count). The van der Waals surface area contributed by atoms with Crippen molar-refractivity contribution in [1.29, 1.82) is 0 Å². The van der Waals surface area contributed by atoms with Crippen LogP contribution in [-0.4, -0.2) is 56.6 Å². The molecule has 0 unspecified atom stereocenters. The fourth-order valence-electron chi connectivity index (χ4n) is 5.47. The van der Waals surface area contributed by atoms with Gasteiger partial charge in [0.05, 0.1) is 18.6 Å². The summed E-state index contributed by atoms with van der Waals surface area (Å²) in [6.07, 6.45) is 6.33. The number of carbonyl (C=O) groups is 2. The zero-order chi connectivity index (χ0) is 30.8. The van der Waals surface area contributed by atoms with Crippen molar-refractivity contribution in [3.05, 3.63) is 95.0 Å². The van der Waals surface area contributed by atoms with Crippen LogP contribution in [0.3, 0.4) is 0 Å². The van der Waals surface area contributed by atoms with E-state index in [4.69, 9.17) is 16.3 Å². The first-order chi connectivity index (χ1) is 20.7. The van der Waals surface area contributed by atoms with E-state index in [2.05, 4.69) is 5.32 Å². The summed E-state index contributed by atoms with van der Waals surface area (Å²) in [5.74, 6) is -0.427. The Morgan fingerprint density at radius 2 is 1.63 bits per heavy atom. The van der Waals surface area contributed by atoms with Gasteiger partial charge in [0.25, 0.3) is 0 Å². The van der Waals surface area contributed by atoms with E-state index in [1.54, 1.807) is 49.4 Å². The maximum Gasteiger partial charge on any atom is 0.244 e. The van der Waals surface area contributed by atoms with Crippen LogP contribution in [0.2, 0.25) is 5.02 Å². The summed E-state index contributed by atoms with van der Waals surface area (Å²) in [4.78, 5) is 29.8. The number of carbonyl (C=O) groups excluding carboxylic acids is 2. The van der Waals surface area contributed by atoms with Crippen molar-refractivity contribution in [2.24, 2.45) is 0 Å². The molecule has 1 fully saturated rings. The van der Waals surface area contributed by atoms with E-state index in [9.17, 15) is 18.0 Å². The molecular weight excluding hydrogens is 586 g/mol. The van der Waals surface area contributed by atoms with E-state index in [-0.39, 0.29) is 30.6 Å². The molecule has 0 heterocycles. The first kappa shape index (κ1) is 32.4. The Balaban J connectivity index is 1.74. The molecule has 43 heavy (non-hydrogen) atoms. The second kappa shape index (κ2) is 15.3. The van der Waals surface area contributed by atoms with Crippen molar-refractivity contribution >= 4 is 39.1 Å². The molecule has 1 aliphatic rings. The largest absolute Gasteiger partial charge is 0.492 e. The Kier molecular flexibility index (Phi) is 11.5. The predicted molar refractivity (Wildman–Crippen MR) is 171 cm³/mol. The van der Waals surface area contributed by atoms with Crippen molar-refractivity contribution in [1.82, 2.24) is 10.2 Å². The number of hydrogen-bond acceptors (Lipinski definition) is 5. The van der Waals surface area contributed by atoms with Gasteiger partial charge in [0, 0.05) is 24.0 Å². The minimum absolute atomic E-state index is 0.0354. The molecule has 1 saturated carbocycles. The number of para-hydroxylation sites is 2. The zero-order valence-corrected chi connectivity index (χ0v) is 26.3. The van der Waals surface area contributed by atoms with Gasteiger partial charge in [0.1, 0.15) is 18.3 Å². The van der Waals surface area contributed by atoms with Gasteiger partial charge in [0.15, 0.2) is 0 Å².